The highest BCUT2D eigenvalue weighted by molar-refractivity contribution is 5.69. The maximum Gasteiger partial charge on any atom is 0.410 e. The number of ether oxygens (including phenoxy) is 2. The third-order valence-electron chi connectivity index (χ3n) is 5.22. The monoisotopic (exact) mass is 407 g/mol. The lowest BCUT2D eigenvalue weighted by molar-refractivity contribution is 0.0144. The van der Waals surface area contributed by atoms with Gasteiger partial charge in [-0.05, 0) is 68.5 Å². The molecule has 0 aliphatic heterocycles. The molecule has 1 amide bonds. The van der Waals surface area contributed by atoms with Gasteiger partial charge >= 0.3 is 6.09 Å². The van der Waals surface area contributed by atoms with Crippen molar-refractivity contribution in [2.75, 3.05) is 0 Å². The Morgan fingerprint density at radius 1 is 1.10 bits per heavy atom. The predicted molar refractivity (Wildman–Crippen MR) is 121 cm³/mol. The van der Waals surface area contributed by atoms with Crippen LogP contribution in [-0.2, 0) is 17.9 Å². The Balaban J connectivity index is 1.79. The van der Waals surface area contributed by atoms with E-state index >= 15 is 0 Å². The molecule has 1 fully saturated rings. The molecule has 0 bridgehead atoms. The van der Waals surface area contributed by atoms with Gasteiger partial charge in [-0.3, -0.25) is 0 Å². The fourth-order valence-corrected chi connectivity index (χ4v) is 3.80. The summed E-state index contributed by atoms with van der Waals surface area (Å²) in [5.74, 6) is 0.779. The fraction of sp³-hybridized carbons (Fsp3) is 0.423. The lowest BCUT2D eigenvalue weighted by Crippen LogP contribution is -2.41. The summed E-state index contributed by atoms with van der Waals surface area (Å²) in [5.41, 5.74) is 2.60. The van der Waals surface area contributed by atoms with Crippen molar-refractivity contribution in [3.8, 4) is 5.75 Å². The Morgan fingerprint density at radius 3 is 2.43 bits per heavy atom. The van der Waals surface area contributed by atoms with E-state index in [2.05, 4.69) is 12.6 Å². The summed E-state index contributed by atoms with van der Waals surface area (Å²) in [6.45, 7) is 10.6. The van der Waals surface area contributed by atoms with Gasteiger partial charge in [0, 0.05) is 12.6 Å². The number of hydrogen-bond donors (Lipinski definition) is 0. The van der Waals surface area contributed by atoms with Crippen LogP contribution in [0.4, 0.5) is 4.79 Å². The second kappa shape index (κ2) is 9.84. The molecule has 3 rings (SSSR count). The average molecular weight is 408 g/mol. The molecule has 0 N–H and O–H groups in total. The summed E-state index contributed by atoms with van der Waals surface area (Å²) in [6, 6.07) is 16.4. The largest absolute Gasteiger partial charge is 0.489 e. The number of rotatable bonds is 7. The Morgan fingerprint density at radius 2 is 1.80 bits per heavy atom. The van der Waals surface area contributed by atoms with E-state index in [1.54, 1.807) is 0 Å². The lowest BCUT2D eigenvalue weighted by Gasteiger charge is -2.32. The Bertz CT molecular complexity index is 848. The van der Waals surface area contributed by atoms with E-state index in [1.165, 1.54) is 0 Å². The van der Waals surface area contributed by atoms with Crippen LogP contribution in [0.25, 0.3) is 6.08 Å². The summed E-state index contributed by atoms with van der Waals surface area (Å²) in [5, 5.41) is 0. The summed E-state index contributed by atoms with van der Waals surface area (Å²) >= 11 is 0. The van der Waals surface area contributed by atoms with Gasteiger partial charge in [0.25, 0.3) is 0 Å². The van der Waals surface area contributed by atoms with E-state index in [0.717, 1.165) is 48.1 Å². The molecule has 0 unspecified atom stereocenters. The van der Waals surface area contributed by atoms with E-state index in [-0.39, 0.29) is 12.1 Å². The highest BCUT2D eigenvalue weighted by Gasteiger charge is 2.30. The highest BCUT2D eigenvalue weighted by Crippen LogP contribution is 2.28. The first-order valence-corrected chi connectivity index (χ1v) is 10.8. The van der Waals surface area contributed by atoms with E-state index in [9.17, 15) is 4.79 Å². The zero-order valence-corrected chi connectivity index (χ0v) is 18.4. The van der Waals surface area contributed by atoms with Gasteiger partial charge in [0.1, 0.15) is 18.0 Å². The molecule has 4 nitrogen and oxygen atoms in total. The van der Waals surface area contributed by atoms with Gasteiger partial charge in [0.2, 0.25) is 0 Å². The van der Waals surface area contributed by atoms with Crippen LogP contribution in [0, 0.1) is 0 Å². The number of carbonyl (C=O) groups excluding carboxylic acids is 1. The van der Waals surface area contributed by atoms with E-state index in [4.69, 9.17) is 9.47 Å². The van der Waals surface area contributed by atoms with Crippen molar-refractivity contribution in [2.24, 2.45) is 0 Å². The number of benzene rings is 2. The molecule has 30 heavy (non-hydrogen) atoms. The lowest BCUT2D eigenvalue weighted by atomic mass is 10.1. The van der Waals surface area contributed by atoms with Gasteiger partial charge in [-0.25, -0.2) is 4.79 Å². The molecule has 1 aliphatic rings. The molecule has 0 radical (unpaired) electrons. The minimum atomic E-state index is -0.513. The van der Waals surface area contributed by atoms with Gasteiger partial charge in [-0.2, -0.15) is 0 Å². The molecule has 0 spiro atoms. The second-order valence-electron chi connectivity index (χ2n) is 8.94. The zero-order valence-electron chi connectivity index (χ0n) is 18.4. The van der Waals surface area contributed by atoms with Gasteiger partial charge in [-0.15, -0.1) is 0 Å². The van der Waals surface area contributed by atoms with Crippen LogP contribution >= 0.6 is 0 Å². The van der Waals surface area contributed by atoms with Crippen molar-refractivity contribution in [1.82, 2.24) is 4.90 Å². The van der Waals surface area contributed by atoms with Crippen molar-refractivity contribution < 1.29 is 14.3 Å². The molecular weight excluding hydrogens is 374 g/mol. The molecule has 2 aromatic rings. The number of carbonyl (C=O) groups is 1. The topological polar surface area (TPSA) is 38.8 Å². The third-order valence-corrected chi connectivity index (χ3v) is 5.22. The number of hydrogen-bond acceptors (Lipinski definition) is 3. The Hall–Kier alpha value is -2.75. The molecule has 0 aromatic heterocycles. The van der Waals surface area contributed by atoms with Gasteiger partial charge in [-0.1, -0.05) is 55.8 Å². The summed E-state index contributed by atoms with van der Waals surface area (Å²) in [7, 11) is 0. The maximum atomic E-state index is 13.0. The molecule has 0 heterocycles. The smallest absolute Gasteiger partial charge is 0.410 e. The van der Waals surface area contributed by atoms with Gasteiger partial charge < -0.3 is 14.4 Å². The average Bonchev–Trinajstić information content (AvgIpc) is 3.24. The minimum absolute atomic E-state index is 0.223. The van der Waals surface area contributed by atoms with Crippen molar-refractivity contribution in [2.45, 2.75) is 71.2 Å². The van der Waals surface area contributed by atoms with Gasteiger partial charge in [0.15, 0.2) is 0 Å². The molecule has 1 aliphatic carbocycles. The van der Waals surface area contributed by atoms with E-state index < -0.39 is 5.60 Å². The predicted octanol–water partition coefficient (Wildman–Crippen LogP) is 6.59. The molecule has 0 atom stereocenters. The normalized spacial score (nSPS) is 14.4. The minimum Gasteiger partial charge on any atom is -0.489 e. The van der Waals surface area contributed by atoms with E-state index in [0.29, 0.717) is 13.2 Å². The first kappa shape index (κ1) is 21.9. The molecule has 4 heteroatoms. The Labute approximate surface area is 180 Å². The second-order valence-corrected chi connectivity index (χ2v) is 8.94. The Kier molecular flexibility index (Phi) is 7.20. The maximum absolute atomic E-state index is 13.0. The SMILES string of the molecule is C=Cc1cc(CN(C(=O)OC(C)(C)C)C2CCCC2)cc(OCc2ccccc2)c1. The van der Waals surface area contributed by atoms with Crippen LogP contribution in [0.5, 0.6) is 5.75 Å². The van der Waals surface area contributed by atoms with Crippen molar-refractivity contribution in [3.63, 3.8) is 0 Å². The standard InChI is InChI=1S/C26H33NO3/c1-5-20-15-22(17-24(16-20)29-19-21-11-7-6-8-12-21)18-27(23-13-9-10-14-23)25(28)30-26(2,3)4/h5-8,11-12,15-17,23H,1,9-10,13-14,18-19H2,2-4H3. The van der Waals surface area contributed by atoms with E-state index in [1.807, 2.05) is 74.2 Å². The quantitative estimate of drug-likeness (QED) is 0.520. The molecule has 1 saturated carbocycles. The first-order valence-electron chi connectivity index (χ1n) is 10.8. The van der Waals surface area contributed by atoms with Crippen molar-refractivity contribution >= 4 is 12.2 Å². The third kappa shape index (κ3) is 6.38. The molecule has 0 saturated heterocycles. The van der Waals surface area contributed by atoms with Crippen LogP contribution in [0.3, 0.4) is 0 Å². The first-order chi connectivity index (χ1) is 14.3. The molecule has 2 aromatic carbocycles. The summed E-state index contributed by atoms with van der Waals surface area (Å²) < 4.78 is 11.8. The van der Waals surface area contributed by atoms with Crippen LogP contribution in [0.1, 0.15) is 63.1 Å². The number of amides is 1. The zero-order chi connectivity index (χ0) is 21.6. The molecule has 160 valence electrons. The van der Waals surface area contributed by atoms with Crippen LogP contribution in [0.2, 0.25) is 0 Å². The number of nitrogens with zero attached hydrogens (tertiary/aromatic N) is 1. The van der Waals surface area contributed by atoms with Crippen molar-refractivity contribution in [3.05, 3.63) is 71.8 Å². The summed E-state index contributed by atoms with van der Waals surface area (Å²) in [6.07, 6.45) is 5.93. The summed E-state index contributed by atoms with van der Waals surface area (Å²) in [4.78, 5) is 14.8. The van der Waals surface area contributed by atoms with Crippen LogP contribution in [-0.4, -0.2) is 22.6 Å². The van der Waals surface area contributed by atoms with Crippen LogP contribution < -0.4 is 4.74 Å². The molecular formula is C26H33NO3. The highest BCUT2D eigenvalue weighted by atomic mass is 16.6. The van der Waals surface area contributed by atoms with Crippen molar-refractivity contribution in [1.29, 1.82) is 0 Å². The van der Waals surface area contributed by atoms with Crippen LogP contribution in [0.15, 0.2) is 55.1 Å². The van der Waals surface area contributed by atoms with Gasteiger partial charge in [0.05, 0.1) is 0 Å². The fourth-order valence-electron chi connectivity index (χ4n) is 3.80.